The highest BCUT2D eigenvalue weighted by molar-refractivity contribution is 14.1. The number of rotatable bonds is 4. The summed E-state index contributed by atoms with van der Waals surface area (Å²) < 4.78 is 13.7. The van der Waals surface area contributed by atoms with Gasteiger partial charge in [-0.25, -0.2) is 4.39 Å². The zero-order valence-corrected chi connectivity index (χ0v) is 12.8. The molecule has 0 aliphatic rings. The Labute approximate surface area is 130 Å². The van der Waals surface area contributed by atoms with Gasteiger partial charge >= 0.3 is 0 Å². The molecule has 5 heteroatoms. The molecule has 3 nitrogen and oxygen atoms in total. The molecular formula is C15H14FIN2O. The minimum Gasteiger partial charge on any atom is -0.329 e. The Kier molecular flexibility index (Phi) is 5.08. The number of hydrogen-bond acceptors (Lipinski definition) is 2. The smallest absolute Gasteiger partial charge is 0.233 e. The fourth-order valence-corrected chi connectivity index (χ4v) is 2.50. The number of carbonyl (C=O) groups is 1. The molecule has 2 rings (SSSR count). The topological polar surface area (TPSA) is 55.1 Å². The van der Waals surface area contributed by atoms with Gasteiger partial charge < -0.3 is 11.1 Å². The molecule has 0 aliphatic carbocycles. The van der Waals surface area contributed by atoms with Crippen molar-refractivity contribution >= 4 is 34.2 Å². The lowest BCUT2D eigenvalue weighted by Gasteiger charge is -2.16. The summed E-state index contributed by atoms with van der Waals surface area (Å²) in [7, 11) is 0. The summed E-state index contributed by atoms with van der Waals surface area (Å²) in [6, 6.07) is 13.6. The van der Waals surface area contributed by atoms with Crippen molar-refractivity contribution in [3.8, 4) is 0 Å². The molecule has 0 heterocycles. The van der Waals surface area contributed by atoms with Gasteiger partial charge in [0.1, 0.15) is 5.82 Å². The van der Waals surface area contributed by atoms with Crippen LogP contribution in [0.25, 0.3) is 0 Å². The van der Waals surface area contributed by atoms with Gasteiger partial charge in [-0.3, -0.25) is 4.79 Å². The second-order valence-corrected chi connectivity index (χ2v) is 5.47. The first-order valence-electron chi connectivity index (χ1n) is 6.12. The molecule has 2 aromatic rings. The van der Waals surface area contributed by atoms with Crippen molar-refractivity contribution in [2.75, 3.05) is 11.9 Å². The number of hydrogen-bond donors (Lipinski definition) is 2. The van der Waals surface area contributed by atoms with Crippen LogP contribution < -0.4 is 11.1 Å². The summed E-state index contributed by atoms with van der Waals surface area (Å²) in [6.45, 7) is 0.216. The molecule has 1 unspecified atom stereocenters. The van der Waals surface area contributed by atoms with Gasteiger partial charge in [-0.05, 0) is 46.4 Å². The predicted octanol–water partition coefficient (Wildman–Crippen LogP) is 3.11. The lowest BCUT2D eigenvalue weighted by molar-refractivity contribution is -0.117. The highest BCUT2D eigenvalue weighted by Gasteiger charge is 2.19. The van der Waals surface area contributed by atoms with Crippen LogP contribution in [0.1, 0.15) is 11.5 Å². The van der Waals surface area contributed by atoms with Gasteiger partial charge in [0.25, 0.3) is 0 Å². The number of carbonyl (C=O) groups excluding carboxylic acids is 1. The molecule has 2 aromatic carbocycles. The first-order valence-corrected chi connectivity index (χ1v) is 7.20. The Hall–Kier alpha value is -1.47. The van der Waals surface area contributed by atoms with E-state index in [1.807, 2.05) is 52.9 Å². The number of benzene rings is 2. The van der Waals surface area contributed by atoms with Crippen molar-refractivity contribution in [2.24, 2.45) is 5.73 Å². The first kappa shape index (κ1) is 14.9. The summed E-state index contributed by atoms with van der Waals surface area (Å²) in [6.07, 6.45) is 0. The second-order valence-electron chi connectivity index (χ2n) is 4.31. The minimum absolute atomic E-state index is 0.191. The van der Waals surface area contributed by atoms with Crippen LogP contribution in [0.2, 0.25) is 0 Å². The molecule has 3 N–H and O–H groups in total. The van der Waals surface area contributed by atoms with Crippen molar-refractivity contribution in [2.45, 2.75) is 5.92 Å². The lowest BCUT2D eigenvalue weighted by atomic mass is 9.98. The Morgan fingerprint density at radius 1 is 1.25 bits per heavy atom. The van der Waals surface area contributed by atoms with Gasteiger partial charge in [-0.2, -0.15) is 0 Å². The molecule has 0 saturated carbocycles. The van der Waals surface area contributed by atoms with Crippen LogP contribution in [0, 0.1) is 9.39 Å². The maximum absolute atomic E-state index is 13.0. The summed E-state index contributed by atoms with van der Waals surface area (Å²) in [4.78, 5) is 12.3. The van der Waals surface area contributed by atoms with Gasteiger partial charge in [-0.1, -0.05) is 30.3 Å². The molecule has 0 saturated heterocycles. The van der Waals surface area contributed by atoms with Crippen molar-refractivity contribution in [3.05, 3.63) is 63.5 Å². The van der Waals surface area contributed by atoms with E-state index in [-0.39, 0.29) is 18.3 Å². The van der Waals surface area contributed by atoms with Crippen LogP contribution in [0.3, 0.4) is 0 Å². The van der Waals surface area contributed by atoms with Crippen LogP contribution in [0.4, 0.5) is 10.1 Å². The largest absolute Gasteiger partial charge is 0.329 e. The number of nitrogens with one attached hydrogen (secondary N) is 1. The molecule has 0 spiro atoms. The number of halogens is 2. The van der Waals surface area contributed by atoms with Gasteiger partial charge in [0.05, 0.1) is 11.6 Å². The Morgan fingerprint density at radius 3 is 2.55 bits per heavy atom. The zero-order chi connectivity index (χ0) is 14.5. The molecular weight excluding hydrogens is 370 g/mol. The van der Waals surface area contributed by atoms with Gasteiger partial charge in [0, 0.05) is 10.1 Å². The summed E-state index contributed by atoms with van der Waals surface area (Å²) in [5, 5.41) is 2.79. The van der Waals surface area contributed by atoms with E-state index < -0.39 is 5.92 Å². The summed E-state index contributed by atoms with van der Waals surface area (Å²) in [5.74, 6) is -0.939. The lowest BCUT2D eigenvalue weighted by Crippen LogP contribution is -2.27. The third kappa shape index (κ3) is 3.55. The number of anilines is 1. The van der Waals surface area contributed by atoms with E-state index in [0.717, 1.165) is 5.56 Å². The highest BCUT2D eigenvalue weighted by atomic mass is 127. The second kappa shape index (κ2) is 6.81. The highest BCUT2D eigenvalue weighted by Crippen LogP contribution is 2.22. The van der Waals surface area contributed by atoms with Crippen molar-refractivity contribution in [3.63, 3.8) is 0 Å². The first-order chi connectivity index (χ1) is 9.61. The van der Waals surface area contributed by atoms with Crippen LogP contribution in [0.5, 0.6) is 0 Å². The normalized spacial score (nSPS) is 11.9. The quantitative estimate of drug-likeness (QED) is 0.797. The number of amides is 1. The van der Waals surface area contributed by atoms with Crippen LogP contribution >= 0.6 is 22.6 Å². The third-order valence-electron chi connectivity index (χ3n) is 2.94. The van der Waals surface area contributed by atoms with Gasteiger partial charge in [-0.15, -0.1) is 0 Å². The average molecular weight is 384 g/mol. The third-order valence-corrected chi connectivity index (χ3v) is 3.84. The number of nitrogens with two attached hydrogens (primary N) is 1. The molecule has 20 heavy (non-hydrogen) atoms. The van der Waals surface area contributed by atoms with Gasteiger partial charge in [0.2, 0.25) is 5.91 Å². The maximum Gasteiger partial charge on any atom is 0.233 e. The van der Waals surface area contributed by atoms with E-state index in [1.54, 1.807) is 6.07 Å². The fourth-order valence-electron chi connectivity index (χ4n) is 1.89. The molecule has 0 aliphatic heterocycles. The fraction of sp³-hybridized carbons (Fsp3) is 0.133. The average Bonchev–Trinajstić information content (AvgIpc) is 2.44. The molecule has 0 fully saturated rings. The molecule has 0 radical (unpaired) electrons. The van der Waals surface area contributed by atoms with Crippen molar-refractivity contribution in [1.82, 2.24) is 0 Å². The van der Waals surface area contributed by atoms with E-state index in [4.69, 9.17) is 5.73 Å². The van der Waals surface area contributed by atoms with Crippen molar-refractivity contribution in [1.29, 1.82) is 0 Å². The minimum atomic E-state index is -0.419. The van der Waals surface area contributed by atoms with Crippen LogP contribution in [-0.2, 0) is 4.79 Å². The molecule has 1 atom stereocenters. The van der Waals surface area contributed by atoms with Gasteiger partial charge in [0.15, 0.2) is 0 Å². The predicted molar refractivity (Wildman–Crippen MR) is 86.0 cm³/mol. The Bertz CT molecular complexity index is 604. The zero-order valence-electron chi connectivity index (χ0n) is 10.6. The van der Waals surface area contributed by atoms with E-state index in [2.05, 4.69) is 5.32 Å². The molecule has 1 amide bonds. The standard InChI is InChI=1S/C15H14FIN2O/c16-11-6-7-14(13(17)8-11)19-15(20)12(9-18)10-4-2-1-3-5-10/h1-8,12H,9,18H2,(H,19,20). The van der Waals surface area contributed by atoms with Crippen LogP contribution in [0.15, 0.2) is 48.5 Å². The Balaban J connectivity index is 2.18. The van der Waals surface area contributed by atoms with E-state index in [1.165, 1.54) is 12.1 Å². The van der Waals surface area contributed by atoms with E-state index >= 15 is 0 Å². The molecule has 104 valence electrons. The monoisotopic (exact) mass is 384 g/mol. The molecule has 0 bridgehead atoms. The van der Waals surface area contributed by atoms with Crippen molar-refractivity contribution < 1.29 is 9.18 Å². The maximum atomic E-state index is 13.0. The van der Waals surface area contributed by atoms with E-state index in [9.17, 15) is 9.18 Å². The van der Waals surface area contributed by atoms with E-state index in [0.29, 0.717) is 9.26 Å². The summed E-state index contributed by atoms with van der Waals surface area (Å²) in [5.41, 5.74) is 7.15. The Morgan fingerprint density at radius 2 is 1.95 bits per heavy atom. The van der Waals surface area contributed by atoms with Crippen LogP contribution in [-0.4, -0.2) is 12.5 Å². The molecule has 0 aromatic heterocycles. The summed E-state index contributed by atoms with van der Waals surface area (Å²) >= 11 is 1.98. The SMILES string of the molecule is NCC(C(=O)Nc1ccc(F)cc1I)c1ccccc1.